The smallest absolute Gasteiger partial charge is 0.277 e. The van der Waals surface area contributed by atoms with E-state index in [0.717, 1.165) is 18.4 Å². The average Bonchev–Trinajstić information content (AvgIpc) is 3.14. The lowest BCUT2D eigenvalue weighted by molar-refractivity contribution is -0.122. The van der Waals surface area contributed by atoms with Crippen LogP contribution in [0.1, 0.15) is 24.8 Å². The van der Waals surface area contributed by atoms with E-state index in [1.54, 1.807) is 12.1 Å². The topological polar surface area (TPSA) is 92.5 Å². The van der Waals surface area contributed by atoms with Gasteiger partial charge in [0, 0.05) is 19.5 Å². The first-order valence-electron chi connectivity index (χ1n) is 8.18. The number of rotatable bonds is 8. The Balaban J connectivity index is 0.00000338. The average molecular weight is 412 g/mol. The highest BCUT2D eigenvalue weighted by Gasteiger charge is 2.28. The van der Waals surface area contributed by atoms with Gasteiger partial charge in [-0.2, -0.15) is 4.31 Å². The summed E-state index contributed by atoms with van der Waals surface area (Å²) >= 11 is 0. The molecule has 1 heterocycles. The van der Waals surface area contributed by atoms with E-state index in [1.807, 2.05) is 0 Å². The molecule has 0 bridgehead atoms. The summed E-state index contributed by atoms with van der Waals surface area (Å²) in [5.74, 6) is -3.61. The molecular weight excluding hydrogens is 388 g/mol. The van der Waals surface area contributed by atoms with E-state index in [2.05, 4.69) is 5.32 Å². The number of hydrogen-bond donors (Lipinski definition) is 2. The van der Waals surface area contributed by atoms with E-state index in [0.29, 0.717) is 19.5 Å². The van der Waals surface area contributed by atoms with Gasteiger partial charge in [-0.1, -0.05) is 12.1 Å². The van der Waals surface area contributed by atoms with E-state index in [1.165, 1.54) is 16.4 Å². The van der Waals surface area contributed by atoms with E-state index in [4.69, 9.17) is 5.73 Å². The Morgan fingerprint density at radius 2 is 1.77 bits per heavy atom. The molecule has 0 aliphatic carbocycles. The zero-order valence-electron chi connectivity index (χ0n) is 14.3. The van der Waals surface area contributed by atoms with Gasteiger partial charge in [-0.15, -0.1) is 12.4 Å². The number of nitrogens with one attached hydrogen (secondary N) is 1. The number of halogens is 3. The molecular formula is C16H24ClF2N3O3S. The van der Waals surface area contributed by atoms with Gasteiger partial charge in [-0.05, 0) is 37.0 Å². The number of nitrogens with two attached hydrogens (primary N) is 1. The van der Waals surface area contributed by atoms with Gasteiger partial charge in [0.15, 0.2) is 0 Å². The van der Waals surface area contributed by atoms with Crippen LogP contribution in [-0.4, -0.2) is 50.7 Å². The molecule has 1 fully saturated rings. The van der Waals surface area contributed by atoms with E-state index in [9.17, 15) is 22.0 Å². The monoisotopic (exact) mass is 411 g/mol. The summed E-state index contributed by atoms with van der Waals surface area (Å²) in [6.07, 6.45) is 2.12. The van der Waals surface area contributed by atoms with Crippen molar-refractivity contribution in [3.63, 3.8) is 0 Å². The fourth-order valence-electron chi connectivity index (χ4n) is 2.55. The minimum Gasteiger partial charge on any atom is -0.350 e. The fourth-order valence-corrected chi connectivity index (χ4v) is 4.07. The van der Waals surface area contributed by atoms with E-state index < -0.39 is 34.9 Å². The zero-order chi connectivity index (χ0) is 18.5. The van der Waals surface area contributed by atoms with Crippen LogP contribution in [0.3, 0.4) is 0 Å². The largest absolute Gasteiger partial charge is 0.350 e. The van der Waals surface area contributed by atoms with Crippen molar-refractivity contribution >= 4 is 28.3 Å². The minimum atomic E-state index is -3.46. The van der Waals surface area contributed by atoms with Crippen molar-refractivity contribution in [3.8, 4) is 0 Å². The number of carbonyl (C=O) groups is 1. The van der Waals surface area contributed by atoms with Crippen molar-refractivity contribution in [1.82, 2.24) is 9.62 Å². The molecule has 1 aromatic carbocycles. The number of sulfonamides is 1. The van der Waals surface area contributed by atoms with E-state index >= 15 is 0 Å². The molecule has 26 heavy (non-hydrogen) atoms. The summed E-state index contributed by atoms with van der Waals surface area (Å²) in [6, 6.07) is 6.32. The molecule has 3 N–H and O–H groups in total. The molecule has 0 spiro atoms. The van der Waals surface area contributed by atoms with Gasteiger partial charge in [0.1, 0.15) is 0 Å². The Morgan fingerprint density at radius 1 is 1.19 bits per heavy atom. The Hall–Kier alpha value is -1.29. The predicted octanol–water partition coefficient (Wildman–Crippen LogP) is 1.54. The molecule has 0 radical (unpaired) electrons. The second kappa shape index (κ2) is 9.59. The summed E-state index contributed by atoms with van der Waals surface area (Å²) in [7, 11) is -3.46. The van der Waals surface area contributed by atoms with Gasteiger partial charge in [0.2, 0.25) is 15.9 Å². The van der Waals surface area contributed by atoms with Crippen molar-refractivity contribution in [3.05, 3.63) is 29.8 Å². The van der Waals surface area contributed by atoms with Crippen molar-refractivity contribution in [2.24, 2.45) is 5.73 Å². The Morgan fingerprint density at radius 3 is 2.31 bits per heavy atom. The molecule has 0 aromatic heterocycles. The Bertz CT molecular complexity index is 693. The lowest BCUT2D eigenvalue weighted by atomic mass is 10.1. The molecule has 1 amide bonds. The predicted molar refractivity (Wildman–Crippen MR) is 97.0 cm³/mol. The van der Waals surface area contributed by atoms with Crippen LogP contribution in [0.5, 0.6) is 0 Å². The molecule has 6 nitrogen and oxygen atoms in total. The van der Waals surface area contributed by atoms with Crippen LogP contribution < -0.4 is 11.1 Å². The normalized spacial score (nSPS) is 15.5. The number of amides is 1. The summed E-state index contributed by atoms with van der Waals surface area (Å²) < 4.78 is 52.2. The highest BCUT2D eigenvalue weighted by atomic mass is 35.5. The molecule has 10 heteroatoms. The summed E-state index contributed by atoms with van der Waals surface area (Å²) in [6.45, 7) is -0.523. The van der Waals surface area contributed by atoms with Gasteiger partial charge < -0.3 is 11.1 Å². The first-order chi connectivity index (χ1) is 11.7. The van der Waals surface area contributed by atoms with E-state index in [-0.39, 0.29) is 23.7 Å². The number of benzene rings is 1. The number of hydrogen-bond acceptors (Lipinski definition) is 4. The molecule has 1 saturated heterocycles. The van der Waals surface area contributed by atoms with Crippen LogP contribution in [0.15, 0.2) is 29.2 Å². The molecule has 1 aromatic rings. The van der Waals surface area contributed by atoms with Gasteiger partial charge in [0.05, 0.1) is 18.0 Å². The summed E-state index contributed by atoms with van der Waals surface area (Å²) in [5.41, 5.74) is 5.66. The third-order valence-electron chi connectivity index (χ3n) is 4.11. The summed E-state index contributed by atoms with van der Waals surface area (Å²) in [4.78, 5) is 11.8. The van der Waals surface area contributed by atoms with Crippen LogP contribution in [0, 0.1) is 0 Å². The van der Waals surface area contributed by atoms with Crippen molar-refractivity contribution in [2.45, 2.75) is 36.5 Å². The maximum absolute atomic E-state index is 13.0. The van der Waals surface area contributed by atoms with Gasteiger partial charge >= 0.3 is 0 Å². The summed E-state index contributed by atoms with van der Waals surface area (Å²) in [5, 5.41) is 2.15. The zero-order valence-corrected chi connectivity index (χ0v) is 15.9. The Labute approximate surface area is 158 Å². The highest BCUT2D eigenvalue weighted by Crippen LogP contribution is 2.21. The molecule has 2 rings (SSSR count). The van der Waals surface area contributed by atoms with Crippen LogP contribution >= 0.6 is 12.4 Å². The van der Waals surface area contributed by atoms with Crippen LogP contribution in [-0.2, 0) is 21.2 Å². The van der Waals surface area contributed by atoms with Crippen LogP contribution in [0.25, 0.3) is 0 Å². The number of alkyl halides is 2. The molecule has 1 aliphatic rings. The fraction of sp³-hybridized carbons (Fsp3) is 0.562. The van der Waals surface area contributed by atoms with Gasteiger partial charge in [-0.25, -0.2) is 17.2 Å². The van der Waals surface area contributed by atoms with Crippen LogP contribution in [0.4, 0.5) is 8.78 Å². The molecule has 0 unspecified atom stereocenters. The van der Waals surface area contributed by atoms with Gasteiger partial charge in [-0.3, -0.25) is 4.79 Å². The number of carbonyl (C=O) groups excluding carboxylic acids is 1. The molecule has 1 aliphatic heterocycles. The third kappa shape index (κ3) is 6.15. The van der Waals surface area contributed by atoms with Crippen molar-refractivity contribution in [1.29, 1.82) is 0 Å². The second-order valence-electron chi connectivity index (χ2n) is 6.09. The first-order valence-corrected chi connectivity index (χ1v) is 9.62. The van der Waals surface area contributed by atoms with Crippen molar-refractivity contribution in [2.75, 3.05) is 26.2 Å². The SMILES string of the molecule is Cl.NCC(F)(F)CNC(=O)CCc1ccc(S(=O)(=O)N2CCCC2)cc1. The number of nitrogens with zero attached hydrogens (tertiary/aromatic N) is 1. The lowest BCUT2D eigenvalue weighted by Gasteiger charge is -2.16. The second-order valence-corrected chi connectivity index (χ2v) is 8.03. The third-order valence-corrected chi connectivity index (χ3v) is 6.02. The van der Waals surface area contributed by atoms with Gasteiger partial charge in [0.25, 0.3) is 5.92 Å². The molecule has 0 saturated carbocycles. The Kier molecular flexibility index (Phi) is 8.39. The maximum Gasteiger partial charge on any atom is 0.277 e. The first kappa shape index (κ1) is 22.8. The quantitative estimate of drug-likeness (QED) is 0.678. The van der Waals surface area contributed by atoms with Crippen molar-refractivity contribution < 1.29 is 22.0 Å². The highest BCUT2D eigenvalue weighted by molar-refractivity contribution is 7.89. The van der Waals surface area contributed by atoms with Crippen LogP contribution in [0.2, 0.25) is 0 Å². The number of aryl methyl sites for hydroxylation is 1. The molecule has 0 atom stereocenters. The lowest BCUT2D eigenvalue weighted by Crippen LogP contribution is -2.41. The minimum absolute atomic E-state index is 0. The molecule has 148 valence electrons. The maximum atomic E-state index is 13.0. The standard InChI is InChI=1S/C16H23F2N3O3S.ClH/c17-16(18,11-19)12-20-15(22)8-5-13-3-6-14(7-4-13)25(23,24)21-9-1-2-10-21;/h3-4,6-7H,1-2,5,8-12,19H2,(H,20,22);1H.